The van der Waals surface area contributed by atoms with Gasteiger partial charge in [-0.15, -0.1) is 0 Å². The van der Waals surface area contributed by atoms with E-state index in [2.05, 4.69) is 10.3 Å². The van der Waals surface area contributed by atoms with Gasteiger partial charge < -0.3 is 19.4 Å². The first kappa shape index (κ1) is 22.1. The Labute approximate surface area is 192 Å². The van der Waals surface area contributed by atoms with Crippen molar-refractivity contribution in [1.82, 2.24) is 14.9 Å². The van der Waals surface area contributed by atoms with Crippen LogP contribution in [-0.4, -0.2) is 28.0 Å². The van der Waals surface area contributed by atoms with E-state index in [-0.39, 0.29) is 19.1 Å². The average molecular weight is 444 g/mol. The zero-order valence-corrected chi connectivity index (χ0v) is 18.4. The second kappa shape index (κ2) is 10.5. The van der Waals surface area contributed by atoms with Gasteiger partial charge in [0.15, 0.2) is 0 Å². The minimum absolute atomic E-state index is 0.00699. The van der Waals surface area contributed by atoms with Crippen LogP contribution in [0.15, 0.2) is 79.1 Å². The number of benzene rings is 2. The molecule has 0 unspecified atom stereocenters. The van der Waals surface area contributed by atoms with Gasteiger partial charge in [0, 0.05) is 29.8 Å². The molecule has 0 aliphatic carbocycles. The molecular weight excluding hydrogens is 418 g/mol. The highest BCUT2D eigenvalue weighted by molar-refractivity contribution is 5.97. The molecule has 0 aliphatic rings. The number of hydrogen-bond acceptors (Lipinski definition) is 5. The van der Waals surface area contributed by atoms with Gasteiger partial charge in [0.1, 0.15) is 24.6 Å². The Kier molecular flexibility index (Phi) is 6.99. The number of ether oxygens (including phenoxy) is 2. The molecule has 0 aliphatic heterocycles. The van der Waals surface area contributed by atoms with Gasteiger partial charge in [-0.2, -0.15) is 0 Å². The molecule has 2 aromatic heterocycles. The van der Waals surface area contributed by atoms with E-state index in [9.17, 15) is 9.59 Å². The number of pyridine rings is 1. The third-order valence-electron chi connectivity index (χ3n) is 5.15. The van der Waals surface area contributed by atoms with Crippen LogP contribution in [0, 0.1) is 0 Å². The Bertz CT molecular complexity index is 1240. The number of aromatic nitrogens is 2. The van der Waals surface area contributed by atoms with Gasteiger partial charge in [0.25, 0.3) is 0 Å². The highest BCUT2D eigenvalue weighted by atomic mass is 16.5. The van der Waals surface area contributed by atoms with Gasteiger partial charge in [-0.1, -0.05) is 30.3 Å². The topological polar surface area (TPSA) is 82.5 Å². The van der Waals surface area contributed by atoms with E-state index in [1.807, 2.05) is 60.7 Å². The predicted molar refractivity (Wildman–Crippen MR) is 125 cm³/mol. The van der Waals surface area contributed by atoms with Crippen LogP contribution in [-0.2, 0) is 29.2 Å². The molecule has 0 atom stereocenters. The first-order valence-electron chi connectivity index (χ1n) is 10.8. The third kappa shape index (κ3) is 5.57. The number of hydrogen-bond donors (Lipinski definition) is 1. The summed E-state index contributed by atoms with van der Waals surface area (Å²) in [6.45, 7) is 2.82. The zero-order chi connectivity index (χ0) is 23.0. The molecule has 7 nitrogen and oxygen atoms in total. The number of amides is 1. The van der Waals surface area contributed by atoms with E-state index in [4.69, 9.17) is 9.47 Å². The smallest absolute Gasteiger partial charge is 0.354 e. The predicted octanol–water partition coefficient (Wildman–Crippen LogP) is 4.11. The number of carbonyl (C=O) groups excluding carboxylic acids is 2. The third-order valence-corrected chi connectivity index (χ3v) is 5.15. The zero-order valence-electron chi connectivity index (χ0n) is 18.4. The molecule has 0 radical (unpaired) electrons. The first-order valence-corrected chi connectivity index (χ1v) is 10.8. The number of fused-ring (bicyclic) bond motifs is 1. The van der Waals surface area contributed by atoms with E-state index in [1.165, 1.54) is 0 Å². The molecule has 0 saturated heterocycles. The molecule has 2 heterocycles. The molecular formula is C26H25N3O4. The Balaban J connectivity index is 1.54. The maximum atomic E-state index is 12.7. The highest BCUT2D eigenvalue weighted by Gasteiger charge is 2.19. The quantitative estimate of drug-likeness (QED) is 0.394. The van der Waals surface area contributed by atoms with E-state index in [0.717, 1.165) is 22.0 Å². The van der Waals surface area contributed by atoms with E-state index >= 15 is 0 Å². The van der Waals surface area contributed by atoms with E-state index < -0.39 is 5.97 Å². The van der Waals surface area contributed by atoms with E-state index in [1.54, 1.807) is 30.0 Å². The lowest BCUT2D eigenvalue weighted by atomic mass is 10.2. The van der Waals surface area contributed by atoms with Crippen LogP contribution in [0.1, 0.15) is 28.5 Å². The van der Waals surface area contributed by atoms with Crippen molar-refractivity contribution in [2.24, 2.45) is 0 Å². The van der Waals surface area contributed by atoms with Gasteiger partial charge in [-0.3, -0.25) is 9.78 Å². The largest absolute Gasteiger partial charge is 0.489 e. The highest BCUT2D eigenvalue weighted by Crippen LogP contribution is 2.26. The normalized spacial score (nSPS) is 10.7. The maximum Gasteiger partial charge on any atom is 0.354 e. The Morgan fingerprint density at radius 2 is 1.76 bits per heavy atom. The summed E-state index contributed by atoms with van der Waals surface area (Å²) in [4.78, 5) is 29.2. The van der Waals surface area contributed by atoms with Crippen LogP contribution < -0.4 is 10.1 Å². The van der Waals surface area contributed by atoms with Gasteiger partial charge in [0.2, 0.25) is 5.91 Å². The Morgan fingerprint density at radius 3 is 2.52 bits per heavy atom. The molecule has 4 aromatic rings. The van der Waals surface area contributed by atoms with Gasteiger partial charge >= 0.3 is 5.97 Å². The SMILES string of the molecule is CCOC(=O)c1cc2cc(OCc3ccccc3)ccc2n1CC(=O)NCc1ccncc1. The number of carbonyl (C=O) groups is 2. The molecule has 0 fully saturated rings. The summed E-state index contributed by atoms with van der Waals surface area (Å²) in [7, 11) is 0. The summed E-state index contributed by atoms with van der Waals surface area (Å²) in [5.74, 6) is 0.00250. The van der Waals surface area contributed by atoms with Crippen LogP contribution in [0.2, 0.25) is 0 Å². The van der Waals surface area contributed by atoms with Crippen molar-refractivity contribution < 1.29 is 19.1 Å². The molecule has 0 bridgehead atoms. The van der Waals surface area contributed by atoms with Crippen LogP contribution >= 0.6 is 0 Å². The Morgan fingerprint density at radius 1 is 0.970 bits per heavy atom. The first-order chi connectivity index (χ1) is 16.1. The Hall–Kier alpha value is -4.13. The number of esters is 1. The van der Waals surface area contributed by atoms with Crippen LogP contribution in [0.4, 0.5) is 0 Å². The summed E-state index contributed by atoms with van der Waals surface area (Å²) in [6, 6.07) is 20.9. The summed E-state index contributed by atoms with van der Waals surface area (Å²) in [6.07, 6.45) is 3.36. The molecule has 2 aromatic carbocycles. The number of nitrogens with zero attached hydrogens (tertiary/aromatic N) is 2. The molecule has 0 saturated carbocycles. The molecule has 33 heavy (non-hydrogen) atoms. The average Bonchev–Trinajstić information content (AvgIpc) is 3.20. The van der Waals surface area contributed by atoms with Crippen molar-refractivity contribution in [2.45, 2.75) is 26.6 Å². The van der Waals surface area contributed by atoms with Crippen LogP contribution in [0.3, 0.4) is 0 Å². The fourth-order valence-corrected chi connectivity index (χ4v) is 3.52. The lowest BCUT2D eigenvalue weighted by Crippen LogP contribution is -2.28. The minimum Gasteiger partial charge on any atom is -0.489 e. The van der Waals surface area contributed by atoms with Crippen molar-refractivity contribution in [1.29, 1.82) is 0 Å². The summed E-state index contributed by atoms with van der Waals surface area (Å²) in [5, 5.41) is 3.68. The molecule has 0 spiro atoms. The van der Waals surface area contributed by atoms with Crippen LogP contribution in [0.25, 0.3) is 10.9 Å². The van der Waals surface area contributed by atoms with Crippen molar-refractivity contribution in [2.75, 3.05) is 6.61 Å². The van der Waals surface area contributed by atoms with Crippen LogP contribution in [0.5, 0.6) is 5.75 Å². The molecule has 1 amide bonds. The van der Waals surface area contributed by atoms with Crippen molar-refractivity contribution >= 4 is 22.8 Å². The number of nitrogens with one attached hydrogen (secondary N) is 1. The van der Waals surface area contributed by atoms with Crippen molar-refractivity contribution in [3.8, 4) is 5.75 Å². The second-order valence-electron chi connectivity index (χ2n) is 7.46. The van der Waals surface area contributed by atoms with Gasteiger partial charge in [0.05, 0.1) is 6.61 Å². The van der Waals surface area contributed by atoms with Gasteiger partial charge in [-0.25, -0.2) is 4.79 Å². The summed E-state index contributed by atoms with van der Waals surface area (Å²) < 4.78 is 12.8. The molecule has 4 rings (SSSR count). The lowest BCUT2D eigenvalue weighted by molar-refractivity contribution is -0.121. The number of rotatable bonds is 9. The maximum absolute atomic E-state index is 12.7. The fourth-order valence-electron chi connectivity index (χ4n) is 3.52. The standard InChI is InChI=1S/C26H25N3O4/c1-2-32-26(31)24-15-21-14-22(33-18-20-6-4-3-5-7-20)8-9-23(21)29(24)17-25(30)28-16-19-10-12-27-13-11-19/h3-15H,2,16-18H2,1H3,(H,28,30). The lowest BCUT2D eigenvalue weighted by Gasteiger charge is -2.11. The summed E-state index contributed by atoms with van der Waals surface area (Å²) >= 11 is 0. The molecule has 168 valence electrons. The molecule has 7 heteroatoms. The van der Waals surface area contributed by atoms with Gasteiger partial charge in [-0.05, 0) is 54.4 Å². The fraction of sp³-hybridized carbons (Fsp3) is 0.192. The second-order valence-corrected chi connectivity index (χ2v) is 7.46. The monoisotopic (exact) mass is 443 g/mol. The minimum atomic E-state index is -0.470. The van der Waals surface area contributed by atoms with E-state index in [0.29, 0.717) is 24.6 Å². The van der Waals surface area contributed by atoms with Crippen molar-refractivity contribution in [3.05, 3.63) is 95.9 Å². The molecule has 1 N–H and O–H groups in total. The van der Waals surface area contributed by atoms with Crippen molar-refractivity contribution in [3.63, 3.8) is 0 Å². The summed E-state index contributed by atoms with van der Waals surface area (Å²) in [5.41, 5.74) is 3.09.